The Labute approximate surface area is 138 Å². The number of phenolic OH excluding ortho intramolecular Hbond substituents is 1. The number of anilines is 1. The van der Waals surface area contributed by atoms with Gasteiger partial charge in [0.2, 0.25) is 0 Å². The van der Waals surface area contributed by atoms with Crippen molar-refractivity contribution in [1.82, 2.24) is 4.72 Å². The minimum atomic E-state index is -3.50. The van der Waals surface area contributed by atoms with Gasteiger partial charge >= 0.3 is 10.2 Å². The highest BCUT2D eigenvalue weighted by molar-refractivity contribution is 7.91. The van der Waals surface area contributed by atoms with Crippen LogP contribution in [0.25, 0.3) is 0 Å². The molecule has 3 rings (SSSR count). The lowest BCUT2D eigenvalue weighted by molar-refractivity contribution is 0.339. The molecular formula is C17H26N2O3S. The SMILES string of the molecule is Cc1cc(O)c(N2CCNS2(=O)=O)cc1CCC1CCCCC1. The summed E-state index contributed by atoms with van der Waals surface area (Å²) in [6.45, 7) is 2.73. The van der Waals surface area contributed by atoms with Crippen LogP contribution >= 0.6 is 0 Å². The number of phenols is 1. The molecule has 1 aliphatic carbocycles. The van der Waals surface area contributed by atoms with Crippen molar-refractivity contribution in [1.29, 1.82) is 0 Å². The normalized spacial score (nSPS) is 21.7. The van der Waals surface area contributed by atoms with E-state index in [0.29, 0.717) is 18.8 Å². The first kappa shape index (κ1) is 16.6. The molecule has 0 aromatic heterocycles. The lowest BCUT2D eigenvalue weighted by Gasteiger charge is -2.23. The number of rotatable bonds is 4. The molecule has 2 aliphatic rings. The van der Waals surface area contributed by atoms with E-state index in [0.717, 1.165) is 29.9 Å². The average molecular weight is 338 g/mol. The third kappa shape index (κ3) is 3.63. The van der Waals surface area contributed by atoms with E-state index in [1.165, 1.54) is 36.4 Å². The molecule has 128 valence electrons. The van der Waals surface area contributed by atoms with Gasteiger partial charge in [-0.3, -0.25) is 4.31 Å². The monoisotopic (exact) mass is 338 g/mol. The molecule has 1 aromatic carbocycles. The van der Waals surface area contributed by atoms with Crippen LogP contribution in [0.1, 0.15) is 49.7 Å². The molecule has 23 heavy (non-hydrogen) atoms. The van der Waals surface area contributed by atoms with E-state index >= 15 is 0 Å². The average Bonchev–Trinajstić information content (AvgIpc) is 2.87. The first-order valence-electron chi connectivity index (χ1n) is 8.57. The lowest BCUT2D eigenvalue weighted by atomic mass is 9.85. The van der Waals surface area contributed by atoms with Gasteiger partial charge < -0.3 is 5.11 Å². The van der Waals surface area contributed by atoms with Crippen LogP contribution in [0.3, 0.4) is 0 Å². The number of benzene rings is 1. The van der Waals surface area contributed by atoms with E-state index in [9.17, 15) is 13.5 Å². The molecule has 0 radical (unpaired) electrons. The predicted molar refractivity (Wildman–Crippen MR) is 92.0 cm³/mol. The van der Waals surface area contributed by atoms with E-state index in [4.69, 9.17) is 0 Å². The molecule has 5 nitrogen and oxygen atoms in total. The molecule has 1 saturated heterocycles. The summed E-state index contributed by atoms with van der Waals surface area (Å²) in [5.74, 6) is 0.828. The smallest absolute Gasteiger partial charge is 0.301 e. The van der Waals surface area contributed by atoms with Crippen molar-refractivity contribution < 1.29 is 13.5 Å². The van der Waals surface area contributed by atoms with Crippen molar-refractivity contribution in [3.8, 4) is 5.75 Å². The maximum Gasteiger partial charge on any atom is 0.301 e. The van der Waals surface area contributed by atoms with Gasteiger partial charge in [-0.05, 0) is 48.9 Å². The highest BCUT2D eigenvalue weighted by Crippen LogP contribution is 2.35. The van der Waals surface area contributed by atoms with Crippen molar-refractivity contribution in [3.63, 3.8) is 0 Å². The van der Waals surface area contributed by atoms with Crippen LogP contribution < -0.4 is 9.03 Å². The topological polar surface area (TPSA) is 69.6 Å². The van der Waals surface area contributed by atoms with Crippen molar-refractivity contribution >= 4 is 15.9 Å². The summed E-state index contributed by atoms with van der Waals surface area (Å²) in [5, 5.41) is 10.2. The zero-order valence-electron chi connectivity index (χ0n) is 13.7. The van der Waals surface area contributed by atoms with Crippen molar-refractivity contribution in [3.05, 3.63) is 23.3 Å². The highest BCUT2D eigenvalue weighted by atomic mass is 32.2. The molecule has 1 aromatic rings. The molecule has 0 bridgehead atoms. The third-order valence-corrected chi connectivity index (χ3v) is 6.67. The summed E-state index contributed by atoms with van der Waals surface area (Å²) in [7, 11) is -3.50. The van der Waals surface area contributed by atoms with Gasteiger partial charge in [0.25, 0.3) is 0 Å². The molecule has 0 amide bonds. The number of aromatic hydroxyl groups is 1. The summed E-state index contributed by atoms with van der Waals surface area (Å²) >= 11 is 0. The second-order valence-electron chi connectivity index (χ2n) is 6.78. The van der Waals surface area contributed by atoms with Gasteiger partial charge in [-0.2, -0.15) is 13.1 Å². The second-order valence-corrected chi connectivity index (χ2v) is 8.46. The van der Waals surface area contributed by atoms with Gasteiger partial charge in [0.15, 0.2) is 0 Å². The summed E-state index contributed by atoms with van der Waals surface area (Å²) in [6, 6.07) is 3.55. The summed E-state index contributed by atoms with van der Waals surface area (Å²) in [5.41, 5.74) is 2.58. The Morgan fingerprint density at radius 2 is 2.00 bits per heavy atom. The summed E-state index contributed by atoms with van der Waals surface area (Å²) in [6.07, 6.45) is 8.76. The molecule has 1 aliphatic heterocycles. The fraction of sp³-hybridized carbons (Fsp3) is 0.647. The Morgan fingerprint density at radius 1 is 1.26 bits per heavy atom. The Bertz CT molecular complexity index is 667. The standard InChI is InChI=1S/C17H26N2O3S/c1-13-11-17(20)16(19-10-9-18-23(19,21)22)12-15(13)8-7-14-5-3-2-4-6-14/h11-12,14,18,20H,2-10H2,1H3. The molecule has 0 spiro atoms. The van der Waals surface area contributed by atoms with E-state index in [1.807, 2.05) is 13.0 Å². The lowest BCUT2D eigenvalue weighted by Crippen LogP contribution is -2.29. The van der Waals surface area contributed by atoms with Crippen LogP contribution in [-0.2, 0) is 16.6 Å². The Balaban J connectivity index is 1.79. The molecule has 2 N–H and O–H groups in total. The fourth-order valence-corrected chi connectivity index (χ4v) is 5.00. The summed E-state index contributed by atoms with van der Waals surface area (Å²) in [4.78, 5) is 0. The van der Waals surface area contributed by atoms with Gasteiger partial charge in [-0.1, -0.05) is 32.1 Å². The maximum atomic E-state index is 12.0. The van der Waals surface area contributed by atoms with E-state index in [1.54, 1.807) is 6.07 Å². The first-order valence-corrected chi connectivity index (χ1v) is 10.0. The molecule has 1 heterocycles. The Morgan fingerprint density at radius 3 is 2.65 bits per heavy atom. The predicted octanol–water partition coefficient (Wildman–Crippen LogP) is 2.87. The third-order valence-electron chi connectivity index (χ3n) is 5.14. The van der Waals surface area contributed by atoms with Gasteiger partial charge in [0, 0.05) is 13.1 Å². The zero-order valence-corrected chi connectivity index (χ0v) is 14.5. The molecular weight excluding hydrogens is 312 g/mol. The molecule has 6 heteroatoms. The van der Waals surface area contributed by atoms with E-state index in [-0.39, 0.29) is 5.75 Å². The molecule has 1 saturated carbocycles. The van der Waals surface area contributed by atoms with Crippen LogP contribution in [0.5, 0.6) is 5.75 Å². The van der Waals surface area contributed by atoms with Crippen LogP contribution in [-0.4, -0.2) is 26.6 Å². The zero-order chi connectivity index (χ0) is 16.4. The molecule has 2 fully saturated rings. The van der Waals surface area contributed by atoms with Gasteiger partial charge in [-0.15, -0.1) is 0 Å². The minimum Gasteiger partial charge on any atom is -0.506 e. The van der Waals surface area contributed by atoms with Gasteiger partial charge in [-0.25, -0.2) is 0 Å². The van der Waals surface area contributed by atoms with Crippen molar-refractivity contribution in [2.45, 2.75) is 51.9 Å². The van der Waals surface area contributed by atoms with Gasteiger partial charge in [0.1, 0.15) is 5.75 Å². The number of aryl methyl sites for hydroxylation is 2. The second kappa shape index (κ2) is 6.69. The van der Waals surface area contributed by atoms with Crippen LogP contribution in [0.4, 0.5) is 5.69 Å². The van der Waals surface area contributed by atoms with Crippen molar-refractivity contribution in [2.24, 2.45) is 5.92 Å². The van der Waals surface area contributed by atoms with E-state index < -0.39 is 10.2 Å². The minimum absolute atomic E-state index is 0.0381. The fourth-order valence-electron chi connectivity index (χ4n) is 3.75. The largest absolute Gasteiger partial charge is 0.506 e. The highest BCUT2D eigenvalue weighted by Gasteiger charge is 2.30. The Kier molecular flexibility index (Phi) is 4.82. The summed E-state index contributed by atoms with van der Waals surface area (Å²) < 4.78 is 27.8. The quantitative estimate of drug-likeness (QED) is 0.887. The Hall–Kier alpha value is -1.27. The number of nitrogens with one attached hydrogen (secondary N) is 1. The van der Waals surface area contributed by atoms with Crippen LogP contribution in [0, 0.1) is 12.8 Å². The number of nitrogens with zero attached hydrogens (tertiary/aromatic N) is 1. The van der Waals surface area contributed by atoms with Crippen LogP contribution in [0.2, 0.25) is 0 Å². The van der Waals surface area contributed by atoms with Crippen LogP contribution in [0.15, 0.2) is 12.1 Å². The number of hydrogen-bond acceptors (Lipinski definition) is 3. The van der Waals surface area contributed by atoms with Crippen molar-refractivity contribution in [2.75, 3.05) is 17.4 Å². The molecule has 0 unspecified atom stereocenters. The molecule has 0 atom stereocenters. The maximum absolute atomic E-state index is 12.0. The van der Waals surface area contributed by atoms with Gasteiger partial charge in [0.05, 0.1) is 5.69 Å². The number of hydrogen-bond donors (Lipinski definition) is 2. The first-order chi connectivity index (χ1) is 11.0. The van der Waals surface area contributed by atoms with E-state index in [2.05, 4.69) is 4.72 Å².